The Labute approximate surface area is 134 Å². The lowest BCUT2D eigenvalue weighted by Crippen LogP contribution is -2.01. The normalized spacial score (nSPS) is 11.1. The summed E-state index contributed by atoms with van der Waals surface area (Å²) in [6.07, 6.45) is 1.89. The molecule has 3 rings (SSSR count). The van der Waals surface area contributed by atoms with Crippen molar-refractivity contribution in [2.24, 2.45) is 0 Å². The highest BCUT2D eigenvalue weighted by Crippen LogP contribution is 2.31. The molecule has 2 N–H and O–H groups in total. The Balaban J connectivity index is 2.00. The lowest BCUT2D eigenvalue weighted by molar-refractivity contribution is 0.391. The third-order valence-electron chi connectivity index (χ3n) is 3.60. The second-order valence-corrected chi connectivity index (χ2v) is 5.90. The summed E-state index contributed by atoms with van der Waals surface area (Å²) >= 11 is 6.17. The number of methoxy groups -OCH3 is 1. The Morgan fingerprint density at radius 1 is 1.23 bits per heavy atom. The van der Waals surface area contributed by atoms with Gasteiger partial charge in [0.05, 0.1) is 12.8 Å². The highest BCUT2D eigenvalue weighted by Gasteiger charge is 2.11. The molecule has 0 radical (unpaired) electrons. The van der Waals surface area contributed by atoms with E-state index in [0.717, 1.165) is 28.0 Å². The molecule has 0 fully saturated rings. The van der Waals surface area contributed by atoms with Crippen LogP contribution >= 0.6 is 11.6 Å². The van der Waals surface area contributed by atoms with Crippen LogP contribution in [0.1, 0.15) is 25.3 Å². The van der Waals surface area contributed by atoms with Gasteiger partial charge >= 0.3 is 0 Å². The van der Waals surface area contributed by atoms with Crippen molar-refractivity contribution in [3.63, 3.8) is 0 Å². The second kappa shape index (κ2) is 5.89. The summed E-state index contributed by atoms with van der Waals surface area (Å²) in [5.74, 6) is 1.73. The van der Waals surface area contributed by atoms with Gasteiger partial charge in [0.15, 0.2) is 0 Å². The molecule has 0 saturated carbocycles. The van der Waals surface area contributed by atoms with Crippen molar-refractivity contribution in [1.29, 1.82) is 0 Å². The van der Waals surface area contributed by atoms with E-state index in [9.17, 15) is 0 Å². The number of ether oxygens (including phenoxy) is 1. The van der Waals surface area contributed by atoms with Crippen LogP contribution < -0.4 is 10.1 Å². The summed E-state index contributed by atoms with van der Waals surface area (Å²) in [6, 6.07) is 9.79. The van der Waals surface area contributed by atoms with Gasteiger partial charge in [-0.05, 0) is 36.2 Å². The molecule has 2 aromatic heterocycles. The number of anilines is 2. The van der Waals surface area contributed by atoms with E-state index in [4.69, 9.17) is 16.3 Å². The standard InChI is InChI=1S/C17H18ClN3O/c1-10(2)12-4-5-16(21-17(12)22-3)20-15-9-11(18)8-14-13(15)6-7-19-14/h4-10,19H,1-3H3,(H,20,21). The van der Waals surface area contributed by atoms with Crippen LogP contribution in [0.5, 0.6) is 5.88 Å². The number of fused-ring (bicyclic) bond motifs is 1. The topological polar surface area (TPSA) is 49.9 Å². The summed E-state index contributed by atoms with van der Waals surface area (Å²) < 4.78 is 5.40. The quantitative estimate of drug-likeness (QED) is 0.705. The minimum atomic E-state index is 0.360. The summed E-state index contributed by atoms with van der Waals surface area (Å²) in [5.41, 5.74) is 2.99. The molecule has 0 amide bonds. The molecule has 0 spiro atoms. The van der Waals surface area contributed by atoms with Gasteiger partial charge in [-0.3, -0.25) is 0 Å². The smallest absolute Gasteiger partial charge is 0.218 e. The number of hydrogen-bond acceptors (Lipinski definition) is 3. The Morgan fingerprint density at radius 3 is 2.77 bits per heavy atom. The van der Waals surface area contributed by atoms with E-state index in [2.05, 4.69) is 29.1 Å². The van der Waals surface area contributed by atoms with Gasteiger partial charge < -0.3 is 15.0 Å². The number of nitrogens with zero attached hydrogens (tertiary/aromatic N) is 1. The third kappa shape index (κ3) is 2.74. The van der Waals surface area contributed by atoms with E-state index < -0.39 is 0 Å². The zero-order chi connectivity index (χ0) is 15.7. The van der Waals surface area contributed by atoms with E-state index in [-0.39, 0.29) is 0 Å². The van der Waals surface area contributed by atoms with Gasteiger partial charge in [0, 0.05) is 27.7 Å². The molecule has 1 aromatic carbocycles. The fourth-order valence-electron chi connectivity index (χ4n) is 2.50. The molecule has 4 nitrogen and oxygen atoms in total. The van der Waals surface area contributed by atoms with Crippen LogP contribution in [-0.4, -0.2) is 17.1 Å². The number of hydrogen-bond donors (Lipinski definition) is 2. The highest BCUT2D eigenvalue weighted by atomic mass is 35.5. The van der Waals surface area contributed by atoms with Gasteiger partial charge in [-0.2, -0.15) is 4.98 Å². The van der Waals surface area contributed by atoms with Crippen molar-refractivity contribution < 1.29 is 4.74 Å². The number of nitrogens with one attached hydrogen (secondary N) is 2. The molecule has 2 heterocycles. The Morgan fingerprint density at radius 2 is 2.05 bits per heavy atom. The molecule has 3 aromatic rings. The summed E-state index contributed by atoms with van der Waals surface area (Å²) in [5, 5.41) is 5.06. The maximum atomic E-state index is 6.17. The Hall–Kier alpha value is -2.20. The number of halogens is 1. The van der Waals surface area contributed by atoms with Crippen LogP contribution in [0.25, 0.3) is 10.9 Å². The highest BCUT2D eigenvalue weighted by molar-refractivity contribution is 6.31. The molecule has 0 aliphatic rings. The monoisotopic (exact) mass is 315 g/mol. The van der Waals surface area contributed by atoms with Crippen LogP contribution in [0.4, 0.5) is 11.5 Å². The van der Waals surface area contributed by atoms with E-state index in [0.29, 0.717) is 16.8 Å². The molecule has 114 valence electrons. The average molecular weight is 316 g/mol. The molecule has 0 aliphatic carbocycles. The molecule has 0 unspecified atom stereocenters. The largest absolute Gasteiger partial charge is 0.481 e. The fraction of sp³-hybridized carbons (Fsp3) is 0.235. The van der Waals surface area contributed by atoms with Crippen molar-refractivity contribution >= 4 is 34.0 Å². The summed E-state index contributed by atoms with van der Waals surface area (Å²) in [4.78, 5) is 7.71. The van der Waals surface area contributed by atoms with E-state index >= 15 is 0 Å². The fourth-order valence-corrected chi connectivity index (χ4v) is 2.72. The van der Waals surface area contributed by atoms with E-state index in [1.807, 2.05) is 36.5 Å². The maximum absolute atomic E-state index is 6.17. The lowest BCUT2D eigenvalue weighted by atomic mass is 10.1. The molecular formula is C17H18ClN3O. The van der Waals surface area contributed by atoms with Crippen molar-refractivity contribution in [2.45, 2.75) is 19.8 Å². The molecule has 0 saturated heterocycles. The SMILES string of the molecule is COc1nc(Nc2cc(Cl)cc3[nH]ccc23)ccc1C(C)C. The number of aromatic nitrogens is 2. The predicted octanol–water partition coefficient (Wildman–Crippen LogP) is 5.09. The van der Waals surface area contributed by atoms with Gasteiger partial charge in [0.2, 0.25) is 5.88 Å². The van der Waals surface area contributed by atoms with Gasteiger partial charge in [-0.1, -0.05) is 25.4 Å². The van der Waals surface area contributed by atoms with Gasteiger partial charge in [-0.15, -0.1) is 0 Å². The molecule has 0 bridgehead atoms. The Bertz CT molecular complexity index is 811. The maximum Gasteiger partial charge on any atom is 0.218 e. The Kier molecular flexibility index (Phi) is 3.94. The first-order chi connectivity index (χ1) is 10.6. The predicted molar refractivity (Wildman–Crippen MR) is 91.5 cm³/mol. The van der Waals surface area contributed by atoms with Crippen molar-refractivity contribution in [3.8, 4) is 5.88 Å². The first kappa shape index (κ1) is 14.7. The number of aromatic amines is 1. The summed E-state index contributed by atoms with van der Waals surface area (Å²) in [7, 11) is 1.64. The van der Waals surface area contributed by atoms with Gasteiger partial charge in [0.1, 0.15) is 5.82 Å². The van der Waals surface area contributed by atoms with Crippen molar-refractivity contribution in [1.82, 2.24) is 9.97 Å². The second-order valence-electron chi connectivity index (χ2n) is 5.47. The molecule has 22 heavy (non-hydrogen) atoms. The van der Waals surface area contributed by atoms with Crippen molar-refractivity contribution in [3.05, 3.63) is 47.1 Å². The molecule has 5 heteroatoms. The molecular weight excluding hydrogens is 298 g/mol. The number of benzene rings is 1. The zero-order valence-corrected chi connectivity index (χ0v) is 13.5. The van der Waals surface area contributed by atoms with Crippen molar-refractivity contribution in [2.75, 3.05) is 12.4 Å². The average Bonchev–Trinajstić information content (AvgIpc) is 2.95. The van der Waals surface area contributed by atoms with Crippen LogP contribution in [-0.2, 0) is 0 Å². The van der Waals surface area contributed by atoms with E-state index in [1.54, 1.807) is 7.11 Å². The van der Waals surface area contributed by atoms with Crippen LogP contribution in [0.15, 0.2) is 36.5 Å². The first-order valence-electron chi connectivity index (χ1n) is 7.17. The lowest BCUT2D eigenvalue weighted by Gasteiger charge is -2.13. The molecule has 0 aliphatic heterocycles. The third-order valence-corrected chi connectivity index (χ3v) is 3.82. The number of H-pyrrole nitrogens is 1. The summed E-state index contributed by atoms with van der Waals surface area (Å²) in [6.45, 7) is 4.24. The minimum absolute atomic E-state index is 0.360. The van der Waals surface area contributed by atoms with Crippen LogP contribution in [0.2, 0.25) is 5.02 Å². The number of rotatable bonds is 4. The van der Waals surface area contributed by atoms with Gasteiger partial charge in [-0.25, -0.2) is 0 Å². The number of pyridine rings is 1. The van der Waals surface area contributed by atoms with Gasteiger partial charge in [0.25, 0.3) is 0 Å². The molecule has 0 atom stereocenters. The first-order valence-corrected chi connectivity index (χ1v) is 7.55. The van der Waals surface area contributed by atoms with E-state index in [1.165, 1.54) is 0 Å². The minimum Gasteiger partial charge on any atom is -0.481 e. The van der Waals surface area contributed by atoms with Crippen LogP contribution in [0.3, 0.4) is 0 Å². The zero-order valence-electron chi connectivity index (χ0n) is 12.8. The van der Waals surface area contributed by atoms with Crippen LogP contribution in [0, 0.1) is 0 Å².